The summed E-state index contributed by atoms with van der Waals surface area (Å²) < 4.78 is 10.9. The van der Waals surface area contributed by atoms with Crippen LogP contribution in [0.4, 0.5) is 0 Å². The minimum absolute atomic E-state index is 0.0988. The number of rotatable bonds is 9. The van der Waals surface area contributed by atoms with Gasteiger partial charge in [0.05, 0.1) is 12.2 Å². The lowest BCUT2D eigenvalue weighted by Gasteiger charge is -2.43. The predicted octanol–water partition coefficient (Wildman–Crippen LogP) is 3.49. The normalized spacial score (nSPS) is 18.2. The van der Waals surface area contributed by atoms with Crippen molar-refractivity contribution in [1.82, 2.24) is 5.32 Å². The van der Waals surface area contributed by atoms with Gasteiger partial charge in [0.25, 0.3) is 0 Å². The van der Waals surface area contributed by atoms with Crippen LogP contribution >= 0.6 is 0 Å². The third-order valence-corrected chi connectivity index (χ3v) is 4.70. The van der Waals surface area contributed by atoms with Crippen LogP contribution in [0.2, 0.25) is 0 Å². The molecule has 1 N–H and O–H groups in total. The Balaban J connectivity index is 2.03. The van der Waals surface area contributed by atoms with Crippen molar-refractivity contribution < 1.29 is 9.47 Å². The SMILES string of the molecule is CCNC(CC1(OC)CCC1)c1ccc(CCOC)cc1. The van der Waals surface area contributed by atoms with Crippen molar-refractivity contribution >= 4 is 0 Å². The molecule has 1 aromatic rings. The number of nitrogens with one attached hydrogen (secondary N) is 1. The summed E-state index contributed by atoms with van der Waals surface area (Å²) in [5, 5.41) is 3.62. The van der Waals surface area contributed by atoms with Crippen molar-refractivity contribution in [2.75, 3.05) is 27.4 Å². The lowest BCUT2D eigenvalue weighted by Crippen LogP contribution is -2.42. The molecule has 1 fully saturated rings. The summed E-state index contributed by atoms with van der Waals surface area (Å²) >= 11 is 0. The molecular formula is C18H29NO2. The number of hydrogen-bond donors (Lipinski definition) is 1. The third-order valence-electron chi connectivity index (χ3n) is 4.70. The second kappa shape index (κ2) is 7.92. The zero-order chi connectivity index (χ0) is 15.1. The molecule has 1 aliphatic rings. The smallest absolute Gasteiger partial charge is 0.0697 e. The predicted molar refractivity (Wildman–Crippen MR) is 86.6 cm³/mol. The highest BCUT2D eigenvalue weighted by molar-refractivity contribution is 5.26. The van der Waals surface area contributed by atoms with Gasteiger partial charge in [0.1, 0.15) is 0 Å². The van der Waals surface area contributed by atoms with Crippen LogP contribution in [0.15, 0.2) is 24.3 Å². The van der Waals surface area contributed by atoms with Crippen molar-refractivity contribution in [2.45, 2.75) is 50.7 Å². The van der Waals surface area contributed by atoms with Gasteiger partial charge in [-0.25, -0.2) is 0 Å². The third kappa shape index (κ3) is 4.29. The van der Waals surface area contributed by atoms with Crippen LogP contribution in [-0.4, -0.2) is 33.0 Å². The zero-order valence-corrected chi connectivity index (χ0v) is 13.7. The fourth-order valence-corrected chi connectivity index (χ4v) is 3.13. The minimum Gasteiger partial charge on any atom is -0.384 e. The van der Waals surface area contributed by atoms with E-state index in [9.17, 15) is 0 Å². The Kier molecular flexibility index (Phi) is 6.22. The quantitative estimate of drug-likeness (QED) is 0.755. The summed E-state index contributed by atoms with van der Waals surface area (Å²) in [6.07, 6.45) is 5.72. The maximum atomic E-state index is 5.79. The van der Waals surface area contributed by atoms with E-state index in [4.69, 9.17) is 9.47 Å². The molecule has 0 aliphatic heterocycles. The first-order valence-electron chi connectivity index (χ1n) is 8.09. The highest BCUT2D eigenvalue weighted by Crippen LogP contribution is 2.41. The Morgan fingerprint density at radius 3 is 2.38 bits per heavy atom. The summed E-state index contributed by atoms with van der Waals surface area (Å²) in [6.45, 7) is 3.93. The van der Waals surface area contributed by atoms with Crippen LogP contribution in [0.1, 0.15) is 49.8 Å². The Morgan fingerprint density at radius 2 is 1.90 bits per heavy atom. The fraction of sp³-hybridized carbons (Fsp3) is 0.667. The molecule has 1 saturated carbocycles. The van der Waals surface area contributed by atoms with Gasteiger partial charge >= 0.3 is 0 Å². The lowest BCUT2D eigenvalue weighted by molar-refractivity contribution is -0.0837. The Hall–Kier alpha value is -0.900. The van der Waals surface area contributed by atoms with Gasteiger partial charge < -0.3 is 14.8 Å². The van der Waals surface area contributed by atoms with Gasteiger partial charge in [-0.2, -0.15) is 0 Å². The van der Waals surface area contributed by atoms with Gasteiger partial charge in [-0.3, -0.25) is 0 Å². The van der Waals surface area contributed by atoms with Crippen molar-refractivity contribution in [1.29, 1.82) is 0 Å². The first-order chi connectivity index (χ1) is 10.2. The van der Waals surface area contributed by atoms with E-state index in [1.165, 1.54) is 30.4 Å². The molecule has 1 unspecified atom stereocenters. The average Bonchev–Trinajstić information content (AvgIpc) is 2.48. The molecule has 118 valence electrons. The molecule has 1 aliphatic carbocycles. The van der Waals surface area contributed by atoms with Gasteiger partial charge in [-0.05, 0) is 49.8 Å². The van der Waals surface area contributed by atoms with Gasteiger partial charge in [0, 0.05) is 20.3 Å². The van der Waals surface area contributed by atoms with Crippen LogP contribution in [0.5, 0.6) is 0 Å². The maximum absolute atomic E-state index is 5.79. The van der Waals surface area contributed by atoms with Crippen LogP contribution < -0.4 is 5.32 Å². The summed E-state index contributed by atoms with van der Waals surface area (Å²) in [4.78, 5) is 0. The summed E-state index contributed by atoms with van der Waals surface area (Å²) in [5.74, 6) is 0. The van der Waals surface area contributed by atoms with E-state index in [0.29, 0.717) is 6.04 Å². The van der Waals surface area contributed by atoms with Crippen molar-refractivity contribution in [2.24, 2.45) is 0 Å². The molecule has 0 radical (unpaired) electrons. The molecule has 21 heavy (non-hydrogen) atoms. The molecule has 0 amide bonds. The van der Waals surface area contributed by atoms with Gasteiger partial charge in [-0.15, -0.1) is 0 Å². The Bertz CT molecular complexity index is 406. The van der Waals surface area contributed by atoms with E-state index in [1.807, 2.05) is 7.11 Å². The van der Waals surface area contributed by atoms with E-state index in [-0.39, 0.29) is 5.60 Å². The van der Waals surface area contributed by atoms with Gasteiger partial charge in [0.2, 0.25) is 0 Å². The second-order valence-corrected chi connectivity index (χ2v) is 6.04. The highest BCUT2D eigenvalue weighted by Gasteiger charge is 2.39. The Labute approximate surface area is 129 Å². The molecule has 0 saturated heterocycles. The van der Waals surface area contributed by atoms with Crippen LogP contribution in [-0.2, 0) is 15.9 Å². The van der Waals surface area contributed by atoms with Crippen molar-refractivity contribution in [3.8, 4) is 0 Å². The summed E-state index contributed by atoms with van der Waals surface area (Å²) in [7, 11) is 3.61. The van der Waals surface area contributed by atoms with Crippen molar-refractivity contribution in [3.05, 3.63) is 35.4 Å². The molecule has 0 spiro atoms. The summed E-state index contributed by atoms with van der Waals surface area (Å²) in [6, 6.07) is 9.32. The number of benzene rings is 1. The van der Waals surface area contributed by atoms with Gasteiger partial charge in [-0.1, -0.05) is 31.2 Å². The van der Waals surface area contributed by atoms with E-state index < -0.39 is 0 Å². The van der Waals surface area contributed by atoms with Crippen LogP contribution in [0.25, 0.3) is 0 Å². The largest absolute Gasteiger partial charge is 0.384 e. The molecular weight excluding hydrogens is 262 g/mol. The zero-order valence-electron chi connectivity index (χ0n) is 13.7. The first-order valence-corrected chi connectivity index (χ1v) is 8.09. The van der Waals surface area contributed by atoms with E-state index >= 15 is 0 Å². The van der Waals surface area contributed by atoms with Crippen LogP contribution in [0.3, 0.4) is 0 Å². The number of ether oxygens (including phenoxy) is 2. The van der Waals surface area contributed by atoms with Crippen molar-refractivity contribution in [3.63, 3.8) is 0 Å². The molecule has 0 aromatic heterocycles. The Morgan fingerprint density at radius 1 is 1.19 bits per heavy atom. The first kappa shape index (κ1) is 16.5. The number of methoxy groups -OCH3 is 2. The molecule has 3 heteroatoms. The van der Waals surface area contributed by atoms with Crippen LogP contribution in [0, 0.1) is 0 Å². The topological polar surface area (TPSA) is 30.5 Å². The van der Waals surface area contributed by atoms with E-state index in [0.717, 1.165) is 26.0 Å². The molecule has 1 atom stereocenters. The number of hydrogen-bond acceptors (Lipinski definition) is 3. The second-order valence-electron chi connectivity index (χ2n) is 6.04. The minimum atomic E-state index is 0.0988. The van der Waals surface area contributed by atoms with E-state index in [2.05, 4.69) is 36.5 Å². The fourth-order valence-electron chi connectivity index (χ4n) is 3.13. The monoisotopic (exact) mass is 291 g/mol. The molecule has 3 nitrogen and oxygen atoms in total. The summed E-state index contributed by atoms with van der Waals surface area (Å²) in [5.41, 5.74) is 2.80. The van der Waals surface area contributed by atoms with E-state index in [1.54, 1.807) is 7.11 Å². The average molecular weight is 291 g/mol. The molecule has 0 bridgehead atoms. The highest BCUT2D eigenvalue weighted by atomic mass is 16.5. The molecule has 0 heterocycles. The molecule has 2 rings (SSSR count). The lowest BCUT2D eigenvalue weighted by atomic mass is 9.74. The molecule has 1 aromatic carbocycles. The maximum Gasteiger partial charge on any atom is 0.0697 e. The standard InChI is InChI=1S/C18H29NO2/c1-4-19-17(14-18(21-3)11-5-12-18)16-8-6-15(7-9-16)10-13-20-2/h6-9,17,19H,4-5,10-14H2,1-3H3. The van der Waals surface area contributed by atoms with Gasteiger partial charge in [0.15, 0.2) is 0 Å².